The summed E-state index contributed by atoms with van der Waals surface area (Å²) in [5.41, 5.74) is 0.0646. The zero-order chi connectivity index (χ0) is 13.1. The van der Waals surface area contributed by atoms with E-state index in [4.69, 9.17) is 0 Å². The van der Waals surface area contributed by atoms with E-state index < -0.39 is 10.0 Å². The maximum absolute atomic E-state index is 12.0. The Labute approximate surface area is 114 Å². The van der Waals surface area contributed by atoms with Crippen molar-refractivity contribution in [2.24, 2.45) is 5.41 Å². The first-order valence-electron chi connectivity index (χ1n) is 6.34. The molecule has 0 radical (unpaired) electrons. The van der Waals surface area contributed by atoms with Gasteiger partial charge in [0.25, 0.3) is 0 Å². The molecule has 1 saturated carbocycles. The number of nitrogens with one attached hydrogen (secondary N) is 1. The highest BCUT2D eigenvalue weighted by molar-refractivity contribution is 9.09. The molecule has 0 aromatic rings. The normalized spacial score (nSPS) is 27.1. The fourth-order valence-corrected chi connectivity index (χ4v) is 4.59. The minimum atomic E-state index is -3.13. The van der Waals surface area contributed by atoms with E-state index in [-0.39, 0.29) is 17.2 Å². The van der Waals surface area contributed by atoms with Gasteiger partial charge in [0.05, 0.1) is 5.75 Å². The summed E-state index contributed by atoms with van der Waals surface area (Å²) in [6.07, 6.45) is 5.02. The maximum atomic E-state index is 12.0. The zero-order valence-corrected chi connectivity index (χ0v) is 13.4. The van der Waals surface area contributed by atoms with Crippen molar-refractivity contribution in [2.75, 3.05) is 5.75 Å². The molecule has 0 saturated heterocycles. The second-order valence-corrected chi connectivity index (χ2v) is 9.20. The SMILES string of the molecule is CC(C)(C)CCS(=O)(=O)NC1CCCCC1Br. The van der Waals surface area contributed by atoms with Gasteiger partial charge in [-0.3, -0.25) is 0 Å². The van der Waals surface area contributed by atoms with Crippen molar-refractivity contribution in [3.05, 3.63) is 0 Å². The van der Waals surface area contributed by atoms with Crippen LogP contribution in [0, 0.1) is 5.41 Å². The van der Waals surface area contributed by atoms with Crippen LogP contribution in [0.4, 0.5) is 0 Å². The Bertz CT molecular complexity index is 335. The fourth-order valence-electron chi connectivity index (χ4n) is 1.95. The third-order valence-corrected chi connectivity index (χ3v) is 5.63. The summed E-state index contributed by atoms with van der Waals surface area (Å²) < 4.78 is 26.8. The number of hydrogen-bond acceptors (Lipinski definition) is 2. The predicted octanol–water partition coefficient (Wildman–Crippen LogP) is 3.05. The highest BCUT2D eigenvalue weighted by Gasteiger charge is 2.27. The Morgan fingerprint density at radius 3 is 2.35 bits per heavy atom. The molecule has 3 nitrogen and oxygen atoms in total. The zero-order valence-electron chi connectivity index (χ0n) is 11.0. The Morgan fingerprint density at radius 1 is 1.24 bits per heavy atom. The first-order valence-corrected chi connectivity index (χ1v) is 8.90. The van der Waals surface area contributed by atoms with E-state index in [1.807, 2.05) is 0 Å². The standard InChI is InChI=1S/C12H24BrNO2S/c1-12(2,3)8-9-17(15,16)14-11-7-5-4-6-10(11)13/h10-11,14H,4-9H2,1-3H3. The van der Waals surface area contributed by atoms with Crippen molar-refractivity contribution in [2.45, 2.75) is 63.7 Å². The van der Waals surface area contributed by atoms with Gasteiger partial charge in [0.15, 0.2) is 0 Å². The largest absolute Gasteiger partial charge is 0.212 e. The number of hydrogen-bond donors (Lipinski definition) is 1. The molecule has 0 heterocycles. The Kier molecular flexibility index (Phi) is 5.47. The summed E-state index contributed by atoms with van der Waals surface area (Å²) >= 11 is 3.57. The van der Waals surface area contributed by atoms with Gasteiger partial charge in [0.2, 0.25) is 10.0 Å². The highest BCUT2D eigenvalue weighted by atomic mass is 79.9. The predicted molar refractivity (Wildman–Crippen MR) is 76.0 cm³/mol. The molecule has 1 N–H and O–H groups in total. The molecule has 1 aliphatic carbocycles. The monoisotopic (exact) mass is 325 g/mol. The average molecular weight is 326 g/mol. The number of sulfonamides is 1. The molecule has 1 fully saturated rings. The molecular formula is C12H24BrNO2S. The molecule has 2 atom stereocenters. The number of halogens is 1. The molecule has 5 heteroatoms. The maximum Gasteiger partial charge on any atom is 0.211 e. The van der Waals surface area contributed by atoms with Gasteiger partial charge >= 0.3 is 0 Å². The quantitative estimate of drug-likeness (QED) is 0.807. The van der Waals surface area contributed by atoms with Gasteiger partial charge in [-0.05, 0) is 24.7 Å². The smallest absolute Gasteiger partial charge is 0.211 e. The van der Waals surface area contributed by atoms with Crippen LogP contribution in [0.15, 0.2) is 0 Å². The van der Waals surface area contributed by atoms with E-state index in [0.29, 0.717) is 11.2 Å². The van der Waals surface area contributed by atoms with Gasteiger partial charge in [0, 0.05) is 10.9 Å². The van der Waals surface area contributed by atoms with Crippen LogP contribution in [0.5, 0.6) is 0 Å². The van der Waals surface area contributed by atoms with Crippen LogP contribution in [-0.4, -0.2) is 25.0 Å². The summed E-state index contributed by atoms with van der Waals surface area (Å²) in [5.74, 6) is 0.229. The molecule has 0 aromatic carbocycles. The van der Waals surface area contributed by atoms with E-state index in [2.05, 4.69) is 41.4 Å². The minimum absolute atomic E-state index is 0.0646. The van der Waals surface area contributed by atoms with Crippen LogP contribution in [0.3, 0.4) is 0 Å². The third kappa shape index (κ3) is 6.20. The Balaban J connectivity index is 2.48. The molecule has 0 aliphatic heterocycles. The van der Waals surface area contributed by atoms with Crippen LogP contribution < -0.4 is 4.72 Å². The average Bonchev–Trinajstić information content (AvgIpc) is 2.18. The molecule has 102 valence electrons. The lowest BCUT2D eigenvalue weighted by Crippen LogP contribution is -2.43. The van der Waals surface area contributed by atoms with Crippen LogP contribution in [0.2, 0.25) is 0 Å². The molecule has 0 bridgehead atoms. The van der Waals surface area contributed by atoms with Crippen molar-refractivity contribution in [1.82, 2.24) is 4.72 Å². The second kappa shape index (κ2) is 6.02. The van der Waals surface area contributed by atoms with E-state index in [1.165, 1.54) is 6.42 Å². The number of rotatable bonds is 4. The van der Waals surface area contributed by atoms with E-state index >= 15 is 0 Å². The summed E-state index contributed by atoms with van der Waals surface area (Å²) in [7, 11) is -3.13. The van der Waals surface area contributed by atoms with Gasteiger partial charge < -0.3 is 0 Å². The van der Waals surface area contributed by atoms with Gasteiger partial charge in [-0.25, -0.2) is 13.1 Å². The lowest BCUT2D eigenvalue weighted by molar-refractivity contribution is 0.391. The topological polar surface area (TPSA) is 46.2 Å². The summed E-state index contributed by atoms with van der Waals surface area (Å²) in [6, 6.07) is 0.0775. The fraction of sp³-hybridized carbons (Fsp3) is 1.00. The van der Waals surface area contributed by atoms with Crippen molar-refractivity contribution in [3.8, 4) is 0 Å². The summed E-state index contributed by atoms with van der Waals surface area (Å²) in [5, 5.41) is 0. The van der Waals surface area contributed by atoms with Gasteiger partial charge in [0.1, 0.15) is 0 Å². The molecule has 2 unspecified atom stereocenters. The Morgan fingerprint density at radius 2 is 1.82 bits per heavy atom. The first kappa shape index (κ1) is 15.4. The molecule has 1 rings (SSSR count). The third-order valence-electron chi connectivity index (χ3n) is 3.13. The first-order chi connectivity index (χ1) is 7.70. The van der Waals surface area contributed by atoms with Gasteiger partial charge in [-0.2, -0.15) is 0 Å². The van der Waals surface area contributed by atoms with Gasteiger partial charge in [-0.15, -0.1) is 0 Å². The molecule has 0 aromatic heterocycles. The lowest BCUT2D eigenvalue weighted by atomic mass is 9.94. The molecule has 17 heavy (non-hydrogen) atoms. The highest BCUT2D eigenvalue weighted by Crippen LogP contribution is 2.25. The van der Waals surface area contributed by atoms with Crippen LogP contribution in [0.25, 0.3) is 0 Å². The molecule has 0 amide bonds. The molecule has 0 spiro atoms. The van der Waals surface area contributed by atoms with Crippen molar-refractivity contribution >= 4 is 26.0 Å². The van der Waals surface area contributed by atoms with Crippen molar-refractivity contribution in [3.63, 3.8) is 0 Å². The molecular weight excluding hydrogens is 302 g/mol. The van der Waals surface area contributed by atoms with Crippen LogP contribution in [0.1, 0.15) is 52.9 Å². The number of alkyl halides is 1. The van der Waals surface area contributed by atoms with E-state index in [1.54, 1.807) is 0 Å². The van der Waals surface area contributed by atoms with Crippen molar-refractivity contribution < 1.29 is 8.42 Å². The van der Waals surface area contributed by atoms with Gasteiger partial charge in [-0.1, -0.05) is 49.5 Å². The molecule has 1 aliphatic rings. The lowest BCUT2D eigenvalue weighted by Gasteiger charge is -2.28. The van der Waals surface area contributed by atoms with E-state index in [0.717, 1.165) is 19.3 Å². The summed E-state index contributed by atoms with van der Waals surface area (Å²) in [4.78, 5) is 0.292. The Hall–Kier alpha value is 0.390. The minimum Gasteiger partial charge on any atom is -0.212 e. The van der Waals surface area contributed by atoms with Crippen LogP contribution in [-0.2, 0) is 10.0 Å². The van der Waals surface area contributed by atoms with Crippen molar-refractivity contribution in [1.29, 1.82) is 0 Å². The van der Waals surface area contributed by atoms with E-state index in [9.17, 15) is 8.42 Å². The second-order valence-electron chi connectivity index (χ2n) is 6.15. The van der Waals surface area contributed by atoms with Crippen LogP contribution >= 0.6 is 15.9 Å². The summed E-state index contributed by atoms with van der Waals surface area (Å²) in [6.45, 7) is 6.20.